The fourth-order valence-electron chi connectivity index (χ4n) is 1.44. The van der Waals surface area contributed by atoms with E-state index < -0.39 is 18.7 Å². The van der Waals surface area contributed by atoms with E-state index in [1.54, 1.807) is 6.07 Å². The largest absolute Gasteiger partial charge is 0.378 e. The first-order chi connectivity index (χ1) is 7.50. The Labute approximate surface area is 96.7 Å². The van der Waals surface area contributed by atoms with Gasteiger partial charge in [-0.3, -0.25) is 0 Å². The van der Waals surface area contributed by atoms with E-state index in [-0.39, 0.29) is 5.17 Å². The van der Waals surface area contributed by atoms with E-state index in [2.05, 4.69) is 4.99 Å². The number of aliphatic imine (C=N–C) groups is 1. The molecule has 1 aliphatic rings. The van der Waals surface area contributed by atoms with Crippen molar-refractivity contribution in [1.82, 2.24) is 0 Å². The number of amidine groups is 1. The molecule has 1 atom stereocenters. The molecule has 0 aliphatic carbocycles. The number of benzene rings is 1. The van der Waals surface area contributed by atoms with Gasteiger partial charge in [0.1, 0.15) is 0 Å². The van der Waals surface area contributed by atoms with Gasteiger partial charge in [0.2, 0.25) is 0 Å². The first-order valence-corrected chi connectivity index (χ1v) is 7.32. The molecular weight excluding hydrogens is 246 g/mol. The molecule has 1 aromatic rings. The summed E-state index contributed by atoms with van der Waals surface area (Å²) in [7, 11) is 0.434. The predicted octanol–water partition coefficient (Wildman–Crippen LogP) is 0.484. The summed E-state index contributed by atoms with van der Waals surface area (Å²) in [6, 6.07) is 5.49. The van der Waals surface area contributed by atoms with E-state index in [0.29, 0.717) is 10.6 Å². The summed E-state index contributed by atoms with van der Waals surface area (Å²) in [5, 5.41) is 0.166. The lowest BCUT2D eigenvalue weighted by Crippen LogP contribution is -2.15. The van der Waals surface area contributed by atoms with Gasteiger partial charge in [-0.15, -0.1) is 0 Å². The van der Waals surface area contributed by atoms with Crippen molar-refractivity contribution in [3.8, 4) is 0 Å². The molecule has 7 heteroatoms. The predicted molar refractivity (Wildman–Crippen MR) is 66.6 cm³/mol. The molecule has 1 heterocycles. The topological polar surface area (TPSA) is 75.8 Å². The van der Waals surface area contributed by atoms with Crippen LogP contribution in [0.15, 0.2) is 28.1 Å². The molecule has 0 bridgehead atoms. The number of rotatable bonds is 1. The second kappa shape index (κ2) is 3.91. The Bertz CT molecular complexity index is 610. The van der Waals surface area contributed by atoms with Crippen LogP contribution in [0, 0.1) is 0 Å². The SMILES string of the molecule is CN(C)c1ccc2c(c1)S(=S(=O)=O)C(N)=N2. The number of hydrogen-bond donors (Lipinski definition) is 1. The lowest BCUT2D eigenvalue weighted by Gasteiger charge is -2.12. The normalized spacial score (nSPS) is 17.9. The minimum absolute atomic E-state index is 0.166. The summed E-state index contributed by atoms with van der Waals surface area (Å²) in [6.45, 7) is 0. The lowest BCUT2D eigenvalue weighted by molar-refractivity contribution is 0.628. The molecule has 5 nitrogen and oxygen atoms in total. The van der Waals surface area contributed by atoms with Gasteiger partial charge in [-0.2, -0.15) is 8.42 Å². The van der Waals surface area contributed by atoms with Gasteiger partial charge in [0.15, 0.2) is 5.17 Å². The average molecular weight is 257 g/mol. The zero-order valence-corrected chi connectivity index (χ0v) is 10.5. The first kappa shape index (κ1) is 11.2. The number of anilines is 1. The average Bonchev–Trinajstić information content (AvgIpc) is 2.51. The molecule has 16 heavy (non-hydrogen) atoms. The molecule has 1 aromatic carbocycles. The van der Waals surface area contributed by atoms with Gasteiger partial charge in [0.05, 0.1) is 10.6 Å². The highest BCUT2D eigenvalue weighted by atomic mass is 32.9. The van der Waals surface area contributed by atoms with E-state index in [1.165, 1.54) is 0 Å². The van der Waals surface area contributed by atoms with Crippen molar-refractivity contribution in [2.24, 2.45) is 10.7 Å². The fourth-order valence-corrected chi connectivity index (χ4v) is 4.03. The van der Waals surface area contributed by atoms with Crippen LogP contribution in [0.3, 0.4) is 0 Å². The summed E-state index contributed by atoms with van der Waals surface area (Å²) in [5.74, 6) is 0. The van der Waals surface area contributed by atoms with Crippen LogP contribution in [-0.2, 0) is 18.7 Å². The minimum Gasteiger partial charge on any atom is -0.378 e. The molecule has 2 N–H and O–H groups in total. The van der Waals surface area contributed by atoms with Gasteiger partial charge < -0.3 is 10.6 Å². The highest BCUT2D eigenvalue weighted by Gasteiger charge is 2.20. The highest BCUT2D eigenvalue weighted by molar-refractivity contribution is 8.41. The van der Waals surface area contributed by atoms with Gasteiger partial charge in [-0.1, -0.05) is 0 Å². The second-order valence-corrected chi connectivity index (χ2v) is 7.09. The summed E-state index contributed by atoms with van der Waals surface area (Å²) in [5.41, 5.74) is 7.20. The van der Waals surface area contributed by atoms with E-state index in [0.717, 1.165) is 5.69 Å². The quantitative estimate of drug-likeness (QED) is 0.794. The number of hydrogen-bond acceptors (Lipinski definition) is 5. The van der Waals surface area contributed by atoms with Crippen molar-refractivity contribution in [2.45, 2.75) is 4.90 Å². The third kappa shape index (κ3) is 1.72. The van der Waals surface area contributed by atoms with Crippen molar-refractivity contribution in [2.75, 3.05) is 19.0 Å². The molecular formula is C9H11N3O2S2. The van der Waals surface area contributed by atoms with E-state index in [1.807, 2.05) is 31.1 Å². The minimum atomic E-state index is -2.25. The van der Waals surface area contributed by atoms with Gasteiger partial charge in [-0.05, 0) is 18.2 Å². The lowest BCUT2D eigenvalue weighted by atomic mass is 10.3. The smallest absolute Gasteiger partial charge is 0.252 e. The summed E-state index contributed by atoms with van der Waals surface area (Å²) in [6.07, 6.45) is 0. The Morgan fingerprint density at radius 2 is 2.06 bits per heavy atom. The molecule has 0 amide bonds. The third-order valence-electron chi connectivity index (χ3n) is 2.22. The summed E-state index contributed by atoms with van der Waals surface area (Å²) in [4.78, 5) is 6.63. The van der Waals surface area contributed by atoms with Crippen LogP contribution in [0.5, 0.6) is 0 Å². The molecule has 0 aromatic heterocycles. The Morgan fingerprint density at radius 3 is 2.62 bits per heavy atom. The van der Waals surface area contributed by atoms with Crippen LogP contribution in [0.25, 0.3) is 0 Å². The van der Waals surface area contributed by atoms with Crippen LogP contribution in [0.2, 0.25) is 0 Å². The van der Waals surface area contributed by atoms with Gasteiger partial charge in [0, 0.05) is 29.2 Å². The maximum Gasteiger partial charge on any atom is 0.252 e. The monoisotopic (exact) mass is 257 g/mol. The number of nitrogens with zero attached hydrogens (tertiary/aromatic N) is 2. The third-order valence-corrected chi connectivity index (χ3v) is 5.55. The highest BCUT2D eigenvalue weighted by Crippen LogP contribution is 2.32. The van der Waals surface area contributed by atoms with Crippen LogP contribution in [0.1, 0.15) is 0 Å². The maximum atomic E-state index is 11.1. The number of fused-ring (bicyclic) bond motifs is 1. The van der Waals surface area contributed by atoms with E-state index >= 15 is 0 Å². The summed E-state index contributed by atoms with van der Waals surface area (Å²) < 4.78 is 22.2. The van der Waals surface area contributed by atoms with Crippen LogP contribution < -0.4 is 10.6 Å². The Balaban J connectivity index is 2.70. The van der Waals surface area contributed by atoms with Crippen molar-refractivity contribution < 1.29 is 8.42 Å². The van der Waals surface area contributed by atoms with Gasteiger partial charge in [0.25, 0.3) is 9.26 Å². The number of nitrogens with two attached hydrogens (primary N) is 1. The molecule has 1 unspecified atom stereocenters. The first-order valence-electron chi connectivity index (χ1n) is 4.50. The van der Waals surface area contributed by atoms with Crippen molar-refractivity contribution >= 4 is 35.3 Å². The van der Waals surface area contributed by atoms with Crippen LogP contribution >= 0.6 is 0 Å². The zero-order valence-electron chi connectivity index (χ0n) is 8.84. The standard InChI is InChI=1S/C9H11N3O2S2/c1-12(2)6-3-4-7-8(5-6)15(16(13)14)9(10)11-7/h3-5H,1-2H3,(H2,10,11). The molecule has 2 rings (SSSR count). The molecule has 0 radical (unpaired) electrons. The molecule has 1 aliphatic heterocycles. The van der Waals surface area contributed by atoms with Gasteiger partial charge >= 0.3 is 0 Å². The van der Waals surface area contributed by atoms with E-state index in [9.17, 15) is 8.42 Å². The van der Waals surface area contributed by atoms with Crippen molar-refractivity contribution in [1.29, 1.82) is 0 Å². The molecule has 0 saturated carbocycles. The zero-order chi connectivity index (χ0) is 11.9. The second-order valence-electron chi connectivity index (χ2n) is 3.47. The Morgan fingerprint density at radius 1 is 1.38 bits per heavy atom. The van der Waals surface area contributed by atoms with Crippen LogP contribution in [-0.4, -0.2) is 27.7 Å². The molecule has 0 saturated heterocycles. The molecule has 86 valence electrons. The Kier molecular flexibility index (Phi) is 2.73. The van der Waals surface area contributed by atoms with Crippen molar-refractivity contribution in [3.63, 3.8) is 0 Å². The van der Waals surface area contributed by atoms with E-state index in [4.69, 9.17) is 5.73 Å². The molecule has 0 fully saturated rings. The fraction of sp³-hybridized carbons (Fsp3) is 0.222. The Hall–Kier alpha value is -1.34. The van der Waals surface area contributed by atoms with Gasteiger partial charge in [-0.25, -0.2) is 4.99 Å². The molecule has 0 spiro atoms. The summed E-state index contributed by atoms with van der Waals surface area (Å²) >= 11 is 0. The van der Waals surface area contributed by atoms with Crippen molar-refractivity contribution in [3.05, 3.63) is 18.2 Å². The van der Waals surface area contributed by atoms with Crippen LogP contribution in [0.4, 0.5) is 11.4 Å². The maximum absolute atomic E-state index is 11.1.